The molecule has 0 saturated heterocycles. The Morgan fingerprint density at radius 1 is 1.13 bits per heavy atom. The molecule has 0 fully saturated rings. The van der Waals surface area contributed by atoms with E-state index < -0.39 is 0 Å². The Kier molecular flexibility index (Phi) is 7.85. The van der Waals surface area contributed by atoms with E-state index in [-0.39, 0.29) is 11.8 Å². The van der Waals surface area contributed by atoms with E-state index in [9.17, 15) is 9.59 Å². The second-order valence-electron chi connectivity index (χ2n) is 7.85. The van der Waals surface area contributed by atoms with Gasteiger partial charge in [0.2, 0.25) is 0 Å². The van der Waals surface area contributed by atoms with Gasteiger partial charge in [-0.05, 0) is 53.8 Å². The molecule has 2 bridgehead atoms. The first-order valence-corrected chi connectivity index (χ1v) is 10.5. The second-order valence-corrected chi connectivity index (χ2v) is 7.85. The minimum Gasteiger partial charge on any atom is -0.491 e. The van der Waals surface area contributed by atoms with Crippen LogP contribution in [0.3, 0.4) is 0 Å². The van der Waals surface area contributed by atoms with E-state index in [0.717, 1.165) is 23.3 Å². The molecule has 0 radical (unpaired) electrons. The Morgan fingerprint density at radius 3 is 2.83 bits per heavy atom. The SMILES string of the molecule is CC(C)CCNC(=O)c1ccc2c(c1)Cc1cccc(c1)C(=O)NCCOCCO2. The zero-order valence-electron chi connectivity index (χ0n) is 17.7. The lowest BCUT2D eigenvalue weighted by Crippen LogP contribution is -2.28. The Hall–Kier alpha value is -2.86. The van der Waals surface area contributed by atoms with Gasteiger partial charge >= 0.3 is 0 Å². The van der Waals surface area contributed by atoms with Crippen molar-refractivity contribution in [3.05, 3.63) is 64.7 Å². The summed E-state index contributed by atoms with van der Waals surface area (Å²) < 4.78 is 11.4. The lowest BCUT2D eigenvalue weighted by Gasteiger charge is -2.15. The lowest BCUT2D eigenvalue weighted by atomic mass is 9.99. The smallest absolute Gasteiger partial charge is 0.251 e. The molecule has 6 nitrogen and oxygen atoms in total. The van der Waals surface area contributed by atoms with Gasteiger partial charge in [0.15, 0.2) is 0 Å². The van der Waals surface area contributed by atoms with E-state index in [0.29, 0.717) is 56.4 Å². The molecule has 6 heteroatoms. The first kappa shape index (κ1) is 21.8. The van der Waals surface area contributed by atoms with Gasteiger partial charge in [0.1, 0.15) is 12.4 Å². The first-order chi connectivity index (χ1) is 14.5. The molecule has 0 saturated carbocycles. The van der Waals surface area contributed by atoms with Gasteiger partial charge < -0.3 is 20.1 Å². The van der Waals surface area contributed by atoms with Gasteiger partial charge in [-0.25, -0.2) is 0 Å². The number of benzene rings is 2. The van der Waals surface area contributed by atoms with Crippen molar-refractivity contribution in [3.63, 3.8) is 0 Å². The second kappa shape index (κ2) is 10.8. The van der Waals surface area contributed by atoms with E-state index in [1.54, 1.807) is 12.1 Å². The highest BCUT2D eigenvalue weighted by Gasteiger charge is 2.13. The summed E-state index contributed by atoms with van der Waals surface area (Å²) in [4.78, 5) is 24.9. The highest BCUT2D eigenvalue weighted by molar-refractivity contribution is 5.95. The van der Waals surface area contributed by atoms with Gasteiger partial charge in [0.05, 0.1) is 13.2 Å². The molecule has 0 unspecified atom stereocenters. The largest absolute Gasteiger partial charge is 0.491 e. The molecule has 1 heterocycles. The minimum absolute atomic E-state index is 0.0886. The lowest BCUT2D eigenvalue weighted by molar-refractivity contribution is 0.0865. The van der Waals surface area contributed by atoms with Crippen molar-refractivity contribution in [1.29, 1.82) is 0 Å². The van der Waals surface area contributed by atoms with Gasteiger partial charge in [-0.1, -0.05) is 26.0 Å². The van der Waals surface area contributed by atoms with E-state index in [2.05, 4.69) is 24.5 Å². The van der Waals surface area contributed by atoms with Gasteiger partial charge in [-0.15, -0.1) is 0 Å². The highest BCUT2D eigenvalue weighted by atomic mass is 16.5. The first-order valence-electron chi connectivity index (χ1n) is 10.5. The van der Waals surface area contributed by atoms with Crippen LogP contribution in [0.2, 0.25) is 0 Å². The normalized spacial score (nSPS) is 14.8. The molecule has 0 aromatic heterocycles. The van der Waals surface area contributed by atoms with Crippen molar-refractivity contribution in [2.45, 2.75) is 26.7 Å². The number of fused-ring (bicyclic) bond motifs is 3. The number of carbonyl (C=O) groups excluding carboxylic acids is 2. The van der Waals surface area contributed by atoms with Crippen molar-refractivity contribution in [2.24, 2.45) is 5.92 Å². The molecule has 0 atom stereocenters. The Bertz CT molecular complexity index is 879. The molecule has 160 valence electrons. The summed E-state index contributed by atoms with van der Waals surface area (Å²) in [5.41, 5.74) is 3.10. The molecule has 1 aliphatic heterocycles. The Morgan fingerprint density at radius 2 is 2.00 bits per heavy atom. The van der Waals surface area contributed by atoms with Gasteiger partial charge in [0, 0.05) is 30.6 Å². The standard InChI is InChI=1S/C24H30N2O4/c1-17(2)8-9-25-24(28)20-6-7-22-21(16-20)15-18-4-3-5-19(14-18)23(27)26-10-11-29-12-13-30-22/h3-7,14,16-17H,8-13,15H2,1-2H3,(H,25,28)(H,26,27). The van der Waals surface area contributed by atoms with Crippen LogP contribution in [-0.4, -0.2) is 44.7 Å². The quantitative estimate of drug-likeness (QED) is 0.812. The molecule has 2 aromatic carbocycles. The molecular weight excluding hydrogens is 380 g/mol. The number of ether oxygens (including phenoxy) is 2. The van der Waals surface area contributed by atoms with Crippen LogP contribution in [0.1, 0.15) is 52.1 Å². The van der Waals surface area contributed by atoms with Crippen molar-refractivity contribution in [1.82, 2.24) is 10.6 Å². The fourth-order valence-electron chi connectivity index (χ4n) is 3.27. The van der Waals surface area contributed by atoms with Crippen LogP contribution in [0.5, 0.6) is 5.75 Å². The van der Waals surface area contributed by atoms with Crippen LogP contribution in [0.4, 0.5) is 0 Å². The monoisotopic (exact) mass is 410 g/mol. The molecule has 2 aromatic rings. The minimum atomic E-state index is -0.118. The summed E-state index contributed by atoms with van der Waals surface area (Å²) in [7, 11) is 0. The third kappa shape index (κ3) is 6.32. The average molecular weight is 411 g/mol. The summed E-state index contributed by atoms with van der Waals surface area (Å²) in [6.45, 7) is 6.63. The van der Waals surface area contributed by atoms with Crippen LogP contribution < -0.4 is 15.4 Å². The predicted octanol–water partition coefficient (Wildman–Crippen LogP) is 3.19. The molecule has 1 aliphatic rings. The van der Waals surface area contributed by atoms with Crippen LogP contribution in [0, 0.1) is 5.92 Å². The summed E-state index contributed by atoms with van der Waals surface area (Å²) in [5.74, 6) is 1.06. The van der Waals surface area contributed by atoms with E-state index >= 15 is 0 Å². The number of amides is 2. The predicted molar refractivity (Wildman–Crippen MR) is 116 cm³/mol. The molecule has 2 N–H and O–H groups in total. The number of nitrogens with one attached hydrogen (secondary N) is 2. The number of hydrogen-bond acceptors (Lipinski definition) is 4. The zero-order valence-corrected chi connectivity index (χ0v) is 17.7. The maximum absolute atomic E-state index is 12.6. The summed E-state index contributed by atoms with van der Waals surface area (Å²) in [6, 6.07) is 13.0. The fraction of sp³-hybridized carbons (Fsp3) is 0.417. The van der Waals surface area contributed by atoms with Crippen molar-refractivity contribution in [3.8, 4) is 5.75 Å². The fourth-order valence-corrected chi connectivity index (χ4v) is 3.27. The third-order valence-electron chi connectivity index (χ3n) is 4.93. The summed E-state index contributed by atoms with van der Waals surface area (Å²) in [5, 5.41) is 5.84. The molecule has 0 aliphatic carbocycles. The third-order valence-corrected chi connectivity index (χ3v) is 4.93. The zero-order chi connectivity index (χ0) is 21.3. The molecular formula is C24H30N2O4. The van der Waals surface area contributed by atoms with E-state index in [1.807, 2.05) is 30.3 Å². The van der Waals surface area contributed by atoms with Crippen LogP contribution in [0.25, 0.3) is 0 Å². The van der Waals surface area contributed by atoms with E-state index in [4.69, 9.17) is 9.47 Å². The molecule has 0 spiro atoms. The van der Waals surface area contributed by atoms with Gasteiger partial charge in [-0.2, -0.15) is 0 Å². The topological polar surface area (TPSA) is 76.7 Å². The molecule has 3 rings (SSSR count). The Labute approximate surface area is 178 Å². The molecule has 30 heavy (non-hydrogen) atoms. The van der Waals surface area contributed by atoms with Crippen LogP contribution in [0.15, 0.2) is 42.5 Å². The van der Waals surface area contributed by atoms with Gasteiger partial charge in [0.25, 0.3) is 11.8 Å². The van der Waals surface area contributed by atoms with Crippen molar-refractivity contribution in [2.75, 3.05) is 32.9 Å². The van der Waals surface area contributed by atoms with Crippen molar-refractivity contribution < 1.29 is 19.1 Å². The maximum Gasteiger partial charge on any atom is 0.251 e. The summed E-state index contributed by atoms with van der Waals surface area (Å²) >= 11 is 0. The van der Waals surface area contributed by atoms with Crippen LogP contribution >= 0.6 is 0 Å². The number of hydrogen-bond donors (Lipinski definition) is 2. The van der Waals surface area contributed by atoms with E-state index in [1.165, 1.54) is 0 Å². The Balaban J connectivity index is 1.85. The highest BCUT2D eigenvalue weighted by Crippen LogP contribution is 2.24. The number of carbonyl (C=O) groups is 2. The molecule has 2 amide bonds. The van der Waals surface area contributed by atoms with Crippen LogP contribution in [-0.2, 0) is 11.2 Å². The summed E-state index contributed by atoms with van der Waals surface area (Å²) in [6.07, 6.45) is 1.50. The average Bonchev–Trinajstić information content (AvgIpc) is 2.73. The number of rotatable bonds is 4. The maximum atomic E-state index is 12.6. The van der Waals surface area contributed by atoms with Crippen molar-refractivity contribution >= 4 is 11.8 Å². The van der Waals surface area contributed by atoms with Gasteiger partial charge in [-0.3, -0.25) is 9.59 Å².